The molecular weight excluding hydrogens is 614 g/mol. The SMILES string of the molecule is COc1ccc(CN2C(=O)CCc3c(OC[C@]4(O)CCN(C(=O)OC(C)(C)C)C[C@H]4O[Si](C)(C)C(C)(C)C)cc(F)c(F)c32)cc1. The van der Waals surface area contributed by atoms with Crippen molar-refractivity contribution in [2.45, 2.75) is 103 Å². The Morgan fingerprint density at radius 2 is 1.74 bits per heavy atom. The maximum absolute atomic E-state index is 15.4. The van der Waals surface area contributed by atoms with Gasteiger partial charge in [-0.15, -0.1) is 0 Å². The van der Waals surface area contributed by atoms with Crippen LogP contribution in [0.1, 0.15) is 65.5 Å². The largest absolute Gasteiger partial charge is 0.497 e. The summed E-state index contributed by atoms with van der Waals surface area (Å²) in [6.45, 7) is 15.7. The summed E-state index contributed by atoms with van der Waals surface area (Å²) in [7, 11) is -0.913. The van der Waals surface area contributed by atoms with Crippen molar-refractivity contribution in [3.63, 3.8) is 0 Å². The number of aliphatic hydroxyl groups is 1. The fourth-order valence-corrected chi connectivity index (χ4v) is 6.70. The lowest BCUT2D eigenvalue weighted by molar-refractivity contribution is -0.129. The molecule has 1 saturated heterocycles. The number of hydrogen-bond acceptors (Lipinski definition) is 7. The van der Waals surface area contributed by atoms with E-state index in [1.807, 2.05) is 0 Å². The first-order valence-corrected chi connectivity index (χ1v) is 18.6. The van der Waals surface area contributed by atoms with Gasteiger partial charge in [-0.05, 0) is 69.4 Å². The van der Waals surface area contributed by atoms with Crippen molar-refractivity contribution in [1.29, 1.82) is 0 Å². The summed E-state index contributed by atoms with van der Waals surface area (Å²) >= 11 is 0. The molecule has 1 N–H and O–H groups in total. The Bertz CT molecular complexity index is 1440. The first-order valence-electron chi connectivity index (χ1n) is 15.7. The lowest BCUT2D eigenvalue weighted by Crippen LogP contribution is -2.63. The number of benzene rings is 2. The molecule has 0 radical (unpaired) electrons. The molecule has 2 aliphatic heterocycles. The number of carbonyl (C=O) groups excluding carboxylic acids is 2. The second-order valence-corrected chi connectivity index (χ2v) is 19.5. The standard InChI is InChI=1S/C34H48F2N2O7Si/c1-32(2,3)44-31(40)37-17-16-34(41,27(20-37)45-46(8,9)33(4,5)6)21-43-26-18-25(35)29(36)30-24(26)14-15-28(39)38(30)19-22-10-12-23(42-7)13-11-22/h10-13,18,27,41H,14-17,19-21H2,1-9H3/t27-,34-/m1/s1. The summed E-state index contributed by atoms with van der Waals surface area (Å²) in [6.07, 6.45) is -0.996. The zero-order valence-corrected chi connectivity index (χ0v) is 29.5. The topological polar surface area (TPSA) is 97.8 Å². The number of carbonyl (C=O) groups is 2. The Hall–Kier alpha value is -3.22. The van der Waals surface area contributed by atoms with Crippen LogP contribution >= 0.6 is 0 Å². The molecule has 2 heterocycles. The lowest BCUT2D eigenvalue weighted by Gasteiger charge is -2.48. The molecule has 9 nitrogen and oxygen atoms in total. The van der Waals surface area contributed by atoms with Gasteiger partial charge in [-0.1, -0.05) is 32.9 Å². The van der Waals surface area contributed by atoms with E-state index >= 15 is 8.78 Å². The number of rotatable bonds is 8. The molecule has 0 aromatic heterocycles. The lowest BCUT2D eigenvalue weighted by atomic mass is 9.89. The molecule has 2 aromatic carbocycles. The molecule has 46 heavy (non-hydrogen) atoms. The van der Waals surface area contributed by atoms with Crippen LogP contribution in [0.2, 0.25) is 18.1 Å². The summed E-state index contributed by atoms with van der Waals surface area (Å²) in [5.74, 6) is -1.95. The molecule has 2 aliphatic rings. The molecular formula is C34H48F2N2O7Si. The second-order valence-electron chi connectivity index (χ2n) is 14.8. The number of piperidine rings is 1. The van der Waals surface area contributed by atoms with Crippen molar-refractivity contribution in [1.82, 2.24) is 4.90 Å². The van der Waals surface area contributed by atoms with Crippen molar-refractivity contribution in [2.24, 2.45) is 0 Å². The van der Waals surface area contributed by atoms with Crippen molar-refractivity contribution >= 4 is 26.0 Å². The smallest absolute Gasteiger partial charge is 0.410 e. The van der Waals surface area contributed by atoms with Crippen LogP contribution in [0.4, 0.5) is 19.3 Å². The molecule has 0 aliphatic carbocycles. The van der Waals surface area contributed by atoms with Gasteiger partial charge in [0.1, 0.15) is 29.3 Å². The molecule has 2 aromatic rings. The van der Waals surface area contributed by atoms with Gasteiger partial charge in [0, 0.05) is 24.6 Å². The Morgan fingerprint density at radius 1 is 1.09 bits per heavy atom. The van der Waals surface area contributed by atoms with Gasteiger partial charge in [0.2, 0.25) is 5.91 Å². The fourth-order valence-electron chi connectivity index (χ4n) is 5.34. The number of amides is 2. The summed E-state index contributed by atoms with van der Waals surface area (Å²) in [5.41, 5.74) is -1.35. The maximum atomic E-state index is 15.4. The molecule has 0 saturated carbocycles. The fraction of sp³-hybridized carbons (Fsp3) is 0.588. The van der Waals surface area contributed by atoms with E-state index in [0.717, 1.165) is 6.07 Å². The number of ether oxygens (including phenoxy) is 3. The van der Waals surface area contributed by atoms with Crippen molar-refractivity contribution in [3.8, 4) is 11.5 Å². The van der Waals surface area contributed by atoms with Crippen molar-refractivity contribution in [3.05, 3.63) is 53.1 Å². The van der Waals surface area contributed by atoms with Crippen molar-refractivity contribution < 1.29 is 42.1 Å². The van der Waals surface area contributed by atoms with Crippen LogP contribution in [0.15, 0.2) is 30.3 Å². The van der Waals surface area contributed by atoms with E-state index in [1.165, 1.54) is 9.80 Å². The third-order valence-corrected chi connectivity index (χ3v) is 13.6. The van der Waals surface area contributed by atoms with Gasteiger partial charge >= 0.3 is 6.09 Å². The number of nitrogens with zero attached hydrogens (tertiary/aromatic N) is 2. The monoisotopic (exact) mass is 662 g/mol. The number of methoxy groups -OCH3 is 1. The highest BCUT2D eigenvalue weighted by Gasteiger charge is 2.50. The number of halogens is 2. The highest BCUT2D eigenvalue weighted by molar-refractivity contribution is 6.74. The van der Waals surface area contributed by atoms with Gasteiger partial charge in [0.25, 0.3) is 0 Å². The average molecular weight is 663 g/mol. The van der Waals surface area contributed by atoms with E-state index in [1.54, 1.807) is 52.1 Å². The molecule has 2 atom stereocenters. The summed E-state index contributed by atoms with van der Waals surface area (Å²) in [6, 6.07) is 7.96. The highest BCUT2D eigenvalue weighted by atomic mass is 28.4. The van der Waals surface area contributed by atoms with E-state index in [4.69, 9.17) is 18.6 Å². The van der Waals surface area contributed by atoms with Crippen LogP contribution in [-0.4, -0.2) is 74.4 Å². The van der Waals surface area contributed by atoms with Gasteiger partial charge < -0.3 is 33.5 Å². The Morgan fingerprint density at radius 3 is 2.33 bits per heavy atom. The second kappa shape index (κ2) is 13.1. The Kier molecular flexibility index (Phi) is 10.2. The Labute approximate surface area is 271 Å². The summed E-state index contributed by atoms with van der Waals surface area (Å²) < 4.78 is 54.2. The first kappa shape index (κ1) is 35.6. The van der Waals surface area contributed by atoms with Crippen LogP contribution in [0.3, 0.4) is 0 Å². The maximum Gasteiger partial charge on any atom is 0.410 e. The molecule has 1 fully saturated rings. The molecule has 254 valence electrons. The minimum Gasteiger partial charge on any atom is -0.497 e. The Balaban J connectivity index is 1.63. The molecule has 0 bridgehead atoms. The van der Waals surface area contributed by atoms with Gasteiger partial charge in [-0.2, -0.15) is 0 Å². The average Bonchev–Trinajstić information content (AvgIpc) is 2.95. The highest BCUT2D eigenvalue weighted by Crippen LogP contribution is 2.42. The number of hydrogen-bond donors (Lipinski definition) is 1. The number of likely N-dealkylation sites (tertiary alicyclic amines) is 1. The molecule has 4 rings (SSSR count). The van der Waals surface area contributed by atoms with E-state index < -0.39 is 43.4 Å². The minimum absolute atomic E-state index is 0.0303. The molecule has 2 amide bonds. The predicted molar refractivity (Wildman–Crippen MR) is 174 cm³/mol. The molecule has 0 spiro atoms. The van der Waals surface area contributed by atoms with Crippen LogP contribution in [0.25, 0.3) is 0 Å². The van der Waals surface area contributed by atoms with E-state index in [9.17, 15) is 14.7 Å². The molecule has 12 heteroatoms. The minimum atomic E-state index is -2.46. The summed E-state index contributed by atoms with van der Waals surface area (Å²) in [5, 5.41) is 11.9. The van der Waals surface area contributed by atoms with Crippen LogP contribution in [-0.2, 0) is 26.9 Å². The number of anilines is 1. The van der Waals surface area contributed by atoms with E-state index in [0.29, 0.717) is 16.9 Å². The predicted octanol–water partition coefficient (Wildman–Crippen LogP) is 6.59. The summed E-state index contributed by atoms with van der Waals surface area (Å²) in [4.78, 5) is 28.8. The molecule has 0 unspecified atom stereocenters. The van der Waals surface area contributed by atoms with Crippen molar-refractivity contribution in [2.75, 3.05) is 31.7 Å². The third kappa shape index (κ3) is 7.83. The van der Waals surface area contributed by atoms with Gasteiger partial charge in [-0.3, -0.25) is 4.79 Å². The zero-order chi connectivity index (χ0) is 34.2. The quantitative estimate of drug-likeness (QED) is 0.319. The number of fused-ring (bicyclic) bond motifs is 1. The van der Waals surface area contributed by atoms with Crippen LogP contribution < -0.4 is 14.4 Å². The zero-order valence-electron chi connectivity index (χ0n) is 28.5. The van der Waals surface area contributed by atoms with Crippen LogP contribution in [0.5, 0.6) is 11.5 Å². The van der Waals surface area contributed by atoms with Gasteiger partial charge in [0.05, 0.1) is 32.0 Å². The van der Waals surface area contributed by atoms with E-state index in [-0.39, 0.29) is 67.9 Å². The normalized spacial score (nSPS) is 20.8. The first-order chi connectivity index (χ1) is 21.2. The van der Waals surface area contributed by atoms with Crippen LogP contribution in [0, 0.1) is 11.6 Å². The van der Waals surface area contributed by atoms with Gasteiger partial charge in [0.15, 0.2) is 20.0 Å². The van der Waals surface area contributed by atoms with Gasteiger partial charge in [-0.25, -0.2) is 13.6 Å². The van der Waals surface area contributed by atoms with E-state index in [2.05, 4.69) is 33.9 Å². The third-order valence-electron chi connectivity index (χ3n) is 9.09.